The average Bonchev–Trinajstić information content (AvgIpc) is 2.92. The zero-order chi connectivity index (χ0) is 21.2. The summed E-state index contributed by atoms with van der Waals surface area (Å²) in [5.41, 5.74) is 2.15. The second-order valence-electron chi connectivity index (χ2n) is 7.16. The number of benzene rings is 2. The molecule has 0 spiro atoms. The van der Waals surface area contributed by atoms with E-state index >= 15 is 0 Å². The Balaban J connectivity index is 1.89. The zero-order valence-electron chi connectivity index (χ0n) is 16.4. The Morgan fingerprint density at radius 3 is 2.03 bits per heavy atom. The molecule has 0 amide bonds. The second kappa shape index (κ2) is 8.05. The highest BCUT2D eigenvalue weighted by atomic mass is 32.2. The number of anilines is 2. The predicted molar refractivity (Wildman–Crippen MR) is 113 cm³/mol. The third-order valence-electron chi connectivity index (χ3n) is 4.96. The number of rotatable bonds is 4. The molecule has 154 valence electrons. The van der Waals surface area contributed by atoms with Gasteiger partial charge in [0.25, 0.3) is 0 Å². The van der Waals surface area contributed by atoms with E-state index in [1.165, 1.54) is 12.1 Å². The van der Waals surface area contributed by atoms with Gasteiger partial charge in [0, 0.05) is 44.4 Å². The van der Waals surface area contributed by atoms with Crippen molar-refractivity contribution in [2.24, 2.45) is 0 Å². The molecule has 2 aromatic carbocycles. The molecule has 9 heteroatoms. The standard InChI is InChI=1S/C20H23N3O4S2/c1-28(24,25)18-8-9-19(20(14-18)29(2,26)27)23-11-3-10-22(12-13-23)17-6-4-16(15-21)5-7-17/h4-9,14H,3,10-13H2,1-2H3. The number of hydrogen-bond donors (Lipinski definition) is 0. The summed E-state index contributed by atoms with van der Waals surface area (Å²) in [6.07, 6.45) is 2.98. The summed E-state index contributed by atoms with van der Waals surface area (Å²) in [5, 5.41) is 8.95. The first kappa shape index (κ1) is 21.1. The Labute approximate surface area is 172 Å². The first-order valence-corrected chi connectivity index (χ1v) is 12.9. The lowest BCUT2D eigenvalue weighted by molar-refractivity contribution is 0.599. The predicted octanol–water partition coefficient (Wildman–Crippen LogP) is 2.08. The van der Waals surface area contributed by atoms with Gasteiger partial charge in [-0.15, -0.1) is 0 Å². The van der Waals surface area contributed by atoms with Gasteiger partial charge in [0.05, 0.1) is 27.1 Å². The van der Waals surface area contributed by atoms with E-state index in [-0.39, 0.29) is 9.79 Å². The first-order valence-electron chi connectivity index (χ1n) is 9.14. The van der Waals surface area contributed by atoms with Crippen molar-refractivity contribution >= 4 is 31.0 Å². The largest absolute Gasteiger partial charge is 0.370 e. The number of sulfone groups is 2. The van der Waals surface area contributed by atoms with Crippen LogP contribution in [0.3, 0.4) is 0 Å². The lowest BCUT2D eigenvalue weighted by Crippen LogP contribution is -2.31. The van der Waals surface area contributed by atoms with Crippen molar-refractivity contribution in [3.05, 3.63) is 48.0 Å². The summed E-state index contributed by atoms with van der Waals surface area (Å²) >= 11 is 0. The minimum Gasteiger partial charge on any atom is -0.370 e. The number of hydrogen-bond acceptors (Lipinski definition) is 7. The van der Waals surface area contributed by atoms with Crippen molar-refractivity contribution in [2.75, 3.05) is 48.5 Å². The average molecular weight is 434 g/mol. The van der Waals surface area contributed by atoms with Crippen LogP contribution in [0.2, 0.25) is 0 Å². The van der Waals surface area contributed by atoms with Crippen molar-refractivity contribution < 1.29 is 16.8 Å². The molecule has 2 aromatic rings. The van der Waals surface area contributed by atoms with Crippen LogP contribution in [0.1, 0.15) is 12.0 Å². The smallest absolute Gasteiger partial charge is 0.177 e. The fourth-order valence-electron chi connectivity index (χ4n) is 3.45. The van der Waals surface area contributed by atoms with Gasteiger partial charge in [-0.3, -0.25) is 0 Å². The fourth-order valence-corrected chi connectivity index (χ4v) is 5.09. The van der Waals surface area contributed by atoms with Gasteiger partial charge >= 0.3 is 0 Å². The molecule has 0 aliphatic carbocycles. The summed E-state index contributed by atoms with van der Waals surface area (Å²) in [4.78, 5) is 4.22. The van der Waals surface area contributed by atoms with Gasteiger partial charge in [-0.1, -0.05) is 0 Å². The van der Waals surface area contributed by atoms with Gasteiger partial charge in [-0.05, 0) is 48.9 Å². The van der Waals surface area contributed by atoms with E-state index in [0.29, 0.717) is 30.9 Å². The van der Waals surface area contributed by atoms with Gasteiger partial charge in [0.2, 0.25) is 0 Å². The van der Waals surface area contributed by atoms with Crippen LogP contribution in [0.25, 0.3) is 0 Å². The highest BCUT2D eigenvalue weighted by molar-refractivity contribution is 7.91. The van der Waals surface area contributed by atoms with Crippen molar-refractivity contribution in [1.82, 2.24) is 0 Å². The van der Waals surface area contributed by atoms with Crippen LogP contribution in [-0.4, -0.2) is 55.5 Å². The van der Waals surface area contributed by atoms with Crippen LogP contribution in [0.4, 0.5) is 11.4 Å². The summed E-state index contributed by atoms with van der Waals surface area (Å²) < 4.78 is 48.4. The van der Waals surface area contributed by atoms with Gasteiger partial charge in [0.1, 0.15) is 0 Å². The molecule has 0 unspecified atom stereocenters. The van der Waals surface area contributed by atoms with Gasteiger partial charge in [-0.2, -0.15) is 5.26 Å². The molecule has 3 rings (SSSR count). The lowest BCUT2D eigenvalue weighted by atomic mass is 10.2. The maximum atomic E-state index is 12.3. The maximum Gasteiger partial charge on any atom is 0.177 e. The second-order valence-corrected chi connectivity index (χ2v) is 11.2. The molecular weight excluding hydrogens is 410 g/mol. The van der Waals surface area contributed by atoms with Crippen molar-refractivity contribution in [3.63, 3.8) is 0 Å². The summed E-state index contributed by atoms with van der Waals surface area (Å²) in [6.45, 7) is 2.75. The minimum atomic E-state index is -3.60. The van der Waals surface area contributed by atoms with Gasteiger partial charge in [0.15, 0.2) is 19.7 Å². The Morgan fingerprint density at radius 1 is 0.828 bits per heavy atom. The molecule has 0 radical (unpaired) electrons. The van der Waals surface area contributed by atoms with E-state index in [4.69, 9.17) is 5.26 Å². The molecule has 0 saturated carbocycles. The molecule has 0 aromatic heterocycles. The van der Waals surface area contributed by atoms with E-state index in [2.05, 4.69) is 11.0 Å². The van der Waals surface area contributed by atoms with E-state index in [9.17, 15) is 16.8 Å². The Morgan fingerprint density at radius 2 is 1.45 bits per heavy atom. The normalized spacial score (nSPS) is 15.6. The van der Waals surface area contributed by atoms with Crippen LogP contribution >= 0.6 is 0 Å². The minimum absolute atomic E-state index is 0.00398. The Bertz CT molecular complexity index is 1150. The lowest BCUT2D eigenvalue weighted by Gasteiger charge is -2.26. The van der Waals surface area contributed by atoms with Gasteiger partial charge < -0.3 is 9.80 Å². The third kappa shape index (κ3) is 4.89. The quantitative estimate of drug-likeness (QED) is 0.728. The molecule has 1 heterocycles. The monoisotopic (exact) mass is 433 g/mol. The van der Waals surface area contributed by atoms with E-state index in [1.807, 2.05) is 17.0 Å². The van der Waals surface area contributed by atoms with E-state index < -0.39 is 19.7 Å². The molecule has 29 heavy (non-hydrogen) atoms. The van der Waals surface area contributed by atoms with Crippen molar-refractivity contribution in [3.8, 4) is 6.07 Å². The molecule has 1 aliphatic rings. The van der Waals surface area contributed by atoms with Crippen molar-refractivity contribution in [2.45, 2.75) is 16.2 Å². The number of nitrogens with zero attached hydrogens (tertiary/aromatic N) is 3. The Kier molecular flexibility index (Phi) is 5.87. The van der Waals surface area contributed by atoms with Crippen LogP contribution < -0.4 is 9.80 Å². The Hall–Kier alpha value is -2.57. The summed E-state index contributed by atoms with van der Waals surface area (Å²) in [6, 6.07) is 13.8. The molecular formula is C20H23N3O4S2. The molecule has 1 fully saturated rings. The van der Waals surface area contributed by atoms with E-state index in [1.54, 1.807) is 18.2 Å². The van der Waals surface area contributed by atoms with Crippen LogP contribution in [-0.2, 0) is 19.7 Å². The molecule has 7 nitrogen and oxygen atoms in total. The molecule has 0 bridgehead atoms. The molecule has 1 aliphatic heterocycles. The van der Waals surface area contributed by atoms with E-state index in [0.717, 1.165) is 31.2 Å². The third-order valence-corrected chi connectivity index (χ3v) is 7.19. The molecule has 0 N–H and O–H groups in total. The fraction of sp³-hybridized carbons (Fsp3) is 0.350. The van der Waals surface area contributed by atoms with Gasteiger partial charge in [-0.25, -0.2) is 16.8 Å². The highest BCUT2D eigenvalue weighted by Crippen LogP contribution is 2.29. The van der Waals surface area contributed by atoms with Crippen LogP contribution in [0.5, 0.6) is 0 Å². The van der Waals surface area contributed by atoms with Crippen LogP contribution in [0.15, 0.2) is 52.3 Å². The SMILES string of the molecule is CS(=O)(=O)c1ccc(N2CCCN(c3ccc(C#N)cc3)CC2)c(S(C)(=O)=O)c1. The number of nitriles is 1. The first-order chi connectivity index (χ1) is 13.6. The zero-order valence-corrected chi connectivity index (χ0v) is 18.0. The van der Waals surface area contributed by atoms with Crippen LogP contribution in [0, 0.1) is 11.3 Å². The highest BCUT2D eigenvalue weighted by Gasteiger charge is 2.23. The topological polar surface area (TPSA) is 98.5 Å². The molecule has 1 saturated heterocycles. The summed E-state index contributed by atoms with van der Waals surface area (Å²) in [5.74, 6) is 0. The maximum absolute atomic E-state index is 12.3. The van der Waals surface area contributed by atoms with Crippen molar-refractivity contribution in [1.29, 1.82) is 5.26 Å². The summed E-state index contributed by atoms with van der Waals surface area (Å²) in [7, 11) is -7.11. The molecule has 0 atom stereocenters.